The van der Waals surface area contributed by atoms with Gasteiger partial charge in [-0.2, -0.15) is 5.10 Å². The largest absolute Gasteiger partial charge is 0.508 e. The van der Waals surface area contributed by atoms with E-state index >= 15 is 0 Å². The van der Waals surface area contributed by atoms with Crippen molar-refractivity contribution in [1.82, 2.24) is 29.3 Å². The first-order chi connectivity index (χ1) is 44.2. The molecule has 4 heterocycles. The maximum absolute atomic E-state index is 13.0. The van der Waals surface area contributed by atoms with E-state index in [0.29, 0.717) is 53.3 Å². The molecule has 0 bridgehead atoms. The topological polar surface area (TPSA) is 111 Å². The number of benzene rings is 4. The molecule has 0 unspecified atom stereocenters. The number of phenolic OH excluding ortho intramolecular Hbond substituents is 1. The first-order valence-electron chi connectivity index (χ1n) is 34.2. The SMILES string of the molecule is CC(C)C1=CCc2ccc(=O)[nH]c21.CC(C)C1=CCc2ccc(F)cc21.CC(C)C1=CCc2ccc(O)cc21.COc1ccc2c(n1)C(C(C)C)=CC2.Cc1cc2ncn(C(C)C)c2cc1C.Cc1ccc2c(c1)C(C(C)C)=CC2.Cc1nn(C(C)C)c2c1CCCC2. The van der Waals surface area contributed by atoms with Crippen molar-refractivity contribution in [3.05, 3.63) is 233 Å². The summed E-state index contributed by atoms with van der Waals surface area (Å²) in [7, 11) is 1.66. The molecule has 4 aromatic carbocycles. The molecule has 0 fully saturated rings. The number of hydrogen-bond acceptors (Lipinski definition) is 6. The van der Waals surface area contributed by atoms with Gasteiger partial charge >= 0.3 is 0 Å². The van der Waals surface area contributed by atoms with Crippen LogP contribution < -0.4 is 10.3 Å². The van der Waals surface area contributed by atoms with Crippen LogP contribution in [0.4, 0.5) is 4.39 Å². The van der Waals surface area contributed by atoms with Crippen molar-refractivity contribution in [3.8, 4) is 11.6 Å². The van der Waals surface area contributed by atoms with Gasteiger partial charge < -0.3 is 19.4 Å². The molecule has 6 aliphatic carbocycles. The maximum Gasteiger partial charge on any atom is 0.248 e. The number of aromatic hydroxyl groups is 1. The van der Waals surface area contributed by atoms with Crippen molar-refractivity contribution in [2.75, 3.05) is 7.11 Å². The van der Waals surface area contributed by atoms with Gasteiger partial charge in [0.1, 0.15) is 11.6 Å². The number of pyridine rings is 2. The Kier molecular flexibility index (Phi) is 24.1. The molecule has 0 amide bonds. The third-order valence-electron chi connectivity index (χ3n) is 18.6. The van der Waals surface area contributed by atoms with E-state index in [-0.39, 0.29) is 11.4 Å². The number of rotatable bonds is 8. The molecular weight excluding hydrogens is 1150 g/mol. The van der Waals surface area contributed by atoms with Gasteiger partial charge in [-0.1, -0.05) is 148 Å². The van der Waals surface area contributed by atoms with E-state index in [1.54, 1.807) is 25.3 Å². The van der Waals surface area contributed by atoms with E-state index in [4.69, 9.17) is 4.74 Å². The number of nitrogens with zero attached hydrogens (tertiary/aromatic N) is 5. The van der Waals surface area contributed by atoms with Crippen LogP contribution >= 0.6 is 0 Å². The minimum Gasteiger partial charge on any atom is -0.508 e. The minimum absolute atomic E-state index is 0.00722. The lowest BCUT2D eigenvalue weighted by Crippen LogP contribution is -2.11. The van der Waals surface area contributed by atoms with Gasteiger partial charge in [-0.3, -0.25) is 9.48 Å². The summed E-state index contributed by atoms with van der Waals surface area (Å²) in [6.07, 6.45) is 23.5. The minimum atomic E-state index is -0.132. The Balaban J connectivity index is 0.000000139. The van der Waals surface area contributed by atoms with Crippen molar-refractivity contribution >= 4 is 38.9 Å². The first kappa shape index (κ1) is 70.8. The van der Waals surface area contributed by atoms with Crippen molar-refractivity contribution in [2.45, 2.75) is 194 Å². The summed E-state index contributed by atoms with van der Waals surface area (Å²) in [4.78, 5) is 22.9. The molecule has 0 saturated heterocycles. The lowest BCUT2D eigenvalue weighted by Gasteiger charge is -2.15. The van der Waals surface area contributed by atoms with Gasteiger partial charge in [0.2, 0.25) is 11.4 Å². The average molecular weight is 1250 g/mol. The van der Waals surface area contributed by atoms with E-state index in [2.05, 4.69) is 221 Å². The van der Waals surface area contributed by atoms with Gasteiger partial charge in [0.25, 0.3) is 0 Å². The van der Waals surface area contributed by atoms with Gasteiger partial charge in [0.15, 0.2) is 0 Å². The second kappa shape index (κ2) is 31.7. The van der Waals surface area contributed by atoms with Crippen LogP contribution in [-0.4, -0.2) is 41.5 Å². The summed E-state index contributed by atoms with van der Waals surface area (Å²) in [5.74, 6) is 3.65. The van der Waals surface area contributed by atoms with E-state index in [9.17, 15) is 14.3 Å². The molecule has 492 valence electrons. The molecule has 8 aromatic rings. The normalized spacial score (nSPS) is 14.3. The van der Waals surface area contributed by atoms with Crippen LogP contribution in [0.3, 0.4) is 0 Å². The molecule has 14 rings (SSSR count). The van der Waals surface area contributed by atoms with Crippen LogP contribution in [-0.2, 0) is 44.9 Å². The predicted molar refractivity (Wildman–Crippen MR) is 390 cm³/mol. The molecule has 0 atom stereocenters. The number of phenols is 1. The molecule has 0 aliphatic heterocycles. The van der Waals surface area contributed by atoms with Gasteiger partial charge in [0, 0.05) is 35.6 Å². The van der Waals surface area contributed by atoms with Crippen LogP contribution in [0.25, 0.3) is 38.9 Å². The number of methoxy groups -OCH3 is 1. The third kappa shape index (κ3) is 17.4. The summed E-state index contributed by atoms with van der Waals surface area (Å²) in [6.45, 7) is 39.2. The number of aromatic amines is 1. The number of ether oxygens (including phenoxy) is 1. The highest BCUT2D eigenvalue weighted by atomic mass is 19.1. The van der Waals surface area contributed by atoms with Crippen LogP contribution in [0.5, 0.6) is 11.6 Å². The molecule has 9 nitrogen and oxygen atoms in total. The quantitative estimate of drug-likeness (QED) is 0.157. The molecule has 0 spiro atoms. The van der Waals surface area contributed by atoms with Crippen LogP contribution in [0.15, 0.2) is 132 Å². The average Bonchev–Trinajstić information content (AvgIpc) is 1.80. The van der Waals surface area contributed by atoms with Crippen molar-refractivity contribution in [1.29, 1.82) is 0 Å². The van der Waals surface area contributed by atoms with E-state index in [1.165, 1.54) is 138 Å². The van der Waals surface area contributed by atoms with Gasteiger partial charge in [-0.15, -0.1) is 0 Å². The molecule has 0 radical (unpaired) electrons. The summed E-state index contributed by atoms with van der Waals surface area (Å²) in [5, 5.41) is 14.0. The van der Waals surface area contributed by atoms with Crippen LogP contribution in [0.1, 0.15) is 211 Å². The first-order valence-corrected chi connectivity index (χ1v) is 34.2. The molecular formula is C83H105FN6O3. The number of fused-ring (bicyclic) bond motifs is 7. The van der Waals surface area contributed by atoms with Crippen molar-refractivity contribution in [3.63, 3.8) is 0 Å². The van der Waals surface area contributed by atoms with Crippen molar-refractivity contribution < 1.29 is 14.2 Å². The zero-order valence-corrected chi connectivity index (χ0v) is 59.4. The monoisotopic (exact) mass is 1250 g/mol. The second-order valence-electron chi connectivity index (χ2n) is 27.9. The zero-order chi connectivity index (χ0) is 67.5. The number of aryl methyl sites for hydroxylation is 4. The fourth-order valence-corrected chi connectivity index (χ4v) is 13.3. The third-order valence-corrected chi connectivity index (χ3v) is 18.6. The van der Waals surface area contributed by atoms with Gasteiger partial charge in [-0.25, -0.2) is 14.4 Å². The standard InChI is InChI=1S/C13H16.C12H13F.C12H16N2.C12H15NO.C12H14O.C11H18N2.C11H13NO/c1-9(2)12-7-6-11-5-4-10(3)8-13(11)12;1-8(2)11-6-4-9-3-5-10(13)7-12(9)11;1-8(2)14-7-13-11-5-9(3)10(4)6-12(11)14;1-8(2)10-6-4-9-5-7-11(14-3)13-12(9)10;1-8(2)11-6-4-9-3-5-10(13)7-12(9)11;1-8(2)13-11-7-5-4-6-10(11)9(3)12-13;1-7(2)9-5-3-8-4-6-10(13)12-11(8)9/h4-5,7-9H,6H2,1-3H3;3,5-8H,4H2,1-2H3;5-8H,1-4H3;5-8H,4H2,1-3H3;3,5-8,13H,4H2,1-2H3;8H,4-7H2,1-3H3;4-7H,3H2,1-2H3,(H,12,13). The lowest BCUT2D eigenvalue weighted by molar-refractivity contribution is 0.397. The predicted octanol–water partition coefficient (Wildman–Crippen LogP) is 20.5. The molecule has 6 aliphatic rings. The van der Waals surface area contributed by atoms with Gasteiger partial charge in [0.05, 0.1) is 35.9 Å². The lowest BCUT2D eigenvalue weighted by atomic mass is 9.96. The number of H-pyrrole nitrogens is 1. The Bertz CT molecular complexity index is 3970. The smallest absolute Gasteiger partial charge is 0.248 e. The Labute approximate surface area is 555 Å². The molecule has 4 aromatic heterocycles. The number of allylic oxidation sites excluding steroid dienone is 10. The number of imidazole rings is 1. The summed E-state index contributed by atoms with van der Waals surface area (Å²) in [5.41, 5.74) is 30.0. The summed E-state index contributed by atoms with van der Waals surface area (Å²) in [6, 6.07) is 30.4. The van der Waals surface area contributed by atoms with E-state index in [0.717, 1.165) is 54.6 Å². The van der Waals surface area contributed by atoms with Crippen LogP contribution in [0, 0.1) is 63.1 Å². The fourth-order valence-electron chi connectivity index (χ4n) is 13.3. The van der Waals surface area contributed by atoms with E-state index in [1.807, 2.05) is 36.7 Å². The summed E-state index contributed by atoms with van der Waals surface area (Å²) >= 11 is 0. The number of aromatic nitrogens is 6. The number of halogens is 1. The Morgan fingerprint density at radius 1 is 0.538 bits per heavy atom. The second-order valence-corrected chi connectivity index (χ2v) is 27.9. The summed E-state index contributed by atoms with van der Waals surface area (Å²) < 4.78 is 22.5. The van der Waals surface area contributed by atoms with Gasteiger partial charge in [-0.05, 0) is 268 Å². The molecule has 2 N–H and O–H groups in total. The number of nitrogens with one attached hydrogen (secondary N) is 1. The highest BCUT2D eigenvalue weighted by Crippen LogP contribution is 2.38. The molecule has 10 heteroatoms. The Hall–Kier alpha value is -8.11. The van der Waals surface area contributed by atoms with E-state index < -0.39 is 0 Å². The van der Waals surface area contributed by atoms with Crippen LogP contribution in [0.2, 0.25) is 0 Å². The molecule has 0 saturated carbocycles. The maximum atomic E-state index is 13.0. The fraction of sp³-hybridized carbons (Fsp3) is 0.422. The highest BCUT2D eigenvalue weighted by molar-refractivity contribution is 5.79. The Morgan fingerprint density at radius 3 is 1.63 bits per heavy atom. The molecule has 93 heavy (non-hydrogen) atoms. The zero-order valence-electron chi connectivity index (χ0n) is 59.4. The Morgan fingerprint density at radius 2 is 1.04 bits per heavy atom. The van der Waals surface area contributed by atoms with Crippen molar-refractivity contribution in [2.24, 2.45) is 29.6 Å². The highest BCUT2D eigenvalue weighted by Gasteiger charge is 2.23. The number of hydrogen-bond donors (Lipinski definition) is 2.